The number of hydrogen-bond donors (Lipinski definition) is 0. The molecule has 0 amide bonds. The summed E-state index contributed by atoms with van der Waals surface area (Å²) in [4.78, 5) is 11.6. The van der Waals surface area contributed by atoms with Crippen molar-refractivity contribution in [3.63, 3.8) is 0 Å². The van der Waals surface area contributed by atoms with E-state index in [9.17, 15) is 4.79 Å². The van der Waals surface area contributed by atoms with Gasteiger partial charge in [0.05, 0.1) is 0 Å². The van der Waals surface area contributed by atoms with Crippen molar-refractivity contribution in [1.82, 2.24) is 0 Å². The molecule has 0 radical (unpaired) electrons. The van der Waals surface area contributed by atoms with E-state index in [1.807, 2.05) is 0 Å². The molecular weight excluding hydrogens is 394 g/mol. The van der Waals surface area contributed by atoms with Crippen molar-refractivity contribution in [2.24, 2.45) is 17.8 Å². The van der Waals surface area contributed by atoms with Crippen LogP contribution in [0.5, 0.6) is 0 Å². The maximum absolute atomic E-state index is 11.6. The summed E-state index contributed by atoms with van der Waals surface area (Å²) in [5.41, 5.74) is 0. The first-order valence-corrected chi connectivity index (χ1v) is 8.14. The zero-order valence-corrected chi connectivity index (χ0v) is 11.6. The number of halogens is 2. The minimum absolute atomic E-state index is 0.109. The summed E-state index contributed by atoms with van der Waals surface area (Å²) >= 11 is 2.80. The summed E-state index contributed by atoms with van der Waals surface area (Å²) in [7, 11) is 0. The van der Waals surface area contributed by atoms with Gasteiger partial charge in [0, 0.05) is 0 Å². The van der Waals surface area contributed by atoms with Crippen molar-refractivity contribution in [2.45, 2.75) is 18.7 Å². The van der Waals surface area contributed by atoms with E-state index in [0.717, 1.165) is 7.85 Å². The maximum atomic E-state index is 11.6. The molecule has 2 bridgehead atoms. The van der Waals surface area contributed by atoms with Crippen LogP contribution < -0.4 is 21.2 Å². The molecule has 5 unspecified atom stereocenters. The monoisotopic (exact) mass is 405 g/mol. The van der Waals surface area contributed by atoms with Crippen LogP contribution in [-0.4, -0.2) is 17.9 Å². The topological polar surface area (TPSA) is 26.3 Å². The average molecular weight is 405 g/mol. The van der Waals surface area contributed by atoms with Gasteiger partial charge in [0.15, 0.2) is 0 Å². The molecule has 1 saturated carbocycles. The number of rotatable bonds is 0. The molecule has 2 saturated heterocycles. The van der Waals surface area contributed by atoms with Gasteiger partial charge in [0.25, 0.3) is 0 Å². The zero-order valence-electron chi connectivity index (χ0n) is 7.30. The van der Waals surface area contributed by atoms with Crippen LogP contribution in [0.3, 0.4) is 0 Å². The second-order valence-corrected chi connectivity index (χ2v) is 12.5. The van der Waals surface area contributed by atoms with Crippen molar-refractivity contribution in [3.05, 3.63) is 0 Å². The average Bonchev–Trinajstić information content (AvgIpc) is 2.61. The Labute approximate surface area is 102 Å². The summed E-state index contributed by atoms with van der Waals surface area (Å²) in [5, 5.41) is 0. The Balaban J connectivity index is 2.01. The molecule has 2 nitrogen and oxygen atoms in total. The van der Waals surface area contributed by atoms with E-state index in [0.29, 0.717) is 15.9 Å². The van der Waals surface area contributed by atoms with Crippen LogP contribution in [0.1, 0.15) is 13.3 Å². The fourth-order valence-electron chi connectivity index (χ4n) is 3.05. The number of alkyl halides is 3. The number of carbonyl (C=O) groups excluding carboxylic acids is 1. The number of esters is 1. The molecular formula is C9H11I2O2-. The molecule has 0 aromatic heterocycles. The van der Waals surface area contributed by atoms with Crippen LogP contribution in [0.25, 0.3) is 0 Å². The Hall–Kier alpha value is 0.930. The fourth-order valence-corrected chi connectivity index (χ4v) is 11.9. The van der Waals surface area contributed by atoms with Gasteiger partial charge in [-0.1, -0.05) is 0 Å². The third kappa shape index (κ3) is 1.07. The van der Waals surface area contributed by atoms with E-state index in [4.69, 9.17) is 4.74 Å². The third-order valence-electron chi connectivity index (χ3n) is 3.61. The molecule has 3 fully saturated rings. The Morgan fingerprint density at radius 3 is 3.15 bits per heavy atom. The third-order valence-corrected chi connectivity index (χ3v) is 10.2. The Bertz CT molecular complexity index is 281. The molecule has 2 aliphatic heterocycles. The summed E-state index contributed by atoms with van der Waals surface area (Å²) in [6.45, 7) is 3.04. The number of cyclic esters (lactones) is 1. The van der Waals surface area contributed by atoms with Crippen LogP contribution in [0.2, 0.25) is 0 Å². The normalized spacial score (nSPS) is 58.8. The molecule has 0 aromatic carbocycles. The molecule has 0 N–H and O–H groups in total. The van der Waals surface area contributed by atoms with E-state index >= 15 is 0 Å². The molecule has 1 aliphatic carbocycles. The van der Waals surface area contributed by atoms with Crippen LogP contribution in [0.15, 0.2) is 0 Å². The summed E-state index contributed by atoms with van der Waals surface area (Å²) in [6, 6.07) is 0. The van der Waals surface area contributed by atoms with Gasteiger partial charge in [-0.25, -0.2) is 0 Å². The van der Waals surface area contributed by atoms with Gasteiger partial charge in [-0.2, -0.15) is 0 Å². The van der Waals surface area contributed by atoms with Crippen LogP contribution in [-0.2, 0) is 9.53 Å². The van der Waals surface area contributed by atoms with Crippen molar-refractivity contribution in [3.8, 4) is 0 Å². The molecule has 2 heterocycles. The predicted octanol–water partition coefficient (Wildman–Crippen LogP) is -1.58. The molecule has 74 valence electrons. The molecule has 4 heteroatoms. The predicted molar refractivity (Wildman–Crippen MR) is 52.3 cm³/mol. The van der Waals surface area contributed by atoms with Crippen molar-refractivity contribution in [2.75, 3.05) is 6.61 Å². The minimum atomic E-state index is 0.109. The van der Waals surface area contributed by atoms with Gasteiger partial charge in [-0.3, -0.25) is 0 Å². The standard InChI is InChI=1S/C9H11I2O2/c1-9-2-4(7(10)11-9)5-3-13-8(12)6(5)9/h4-7H,2-3H2,1H3/q-1. The van der Waals surface area contributed by atoms with Gasteiger partial charge in [0.1, 0.15) is 0 Å². The second kappa shape index (κ2) is 2.74. The van der Waals surface area contributed by atoms with Crippen molar-refractivity contribution in [1.29, 1.82) is 0 Å². The van der Waals surface area contributed by atoms with E-state index in [1.54, 1.807) is 0 Å². The summed E-state index contributed by atoms with van der Waals surface area (Å²) in [5.74, 6) is 1.78. The molecule has 0 aromatic rings. The van der Waals surface area contributed by atoms with Crippen LogP contribution in [0.4, 0.5) is 0 Å². The molecule has 5 atom stereocenters. The van der Waals surface area contributed by atoms with Crippen LogP contribution >= 0.6 is 22.6 Å². The van der Waals surface area contributed by atoms with Gasteiger partial charge < -0.3 is 0 Å². The van der Waals surface area contributed by atoms with Gasteiger partial charge in [-0.15, -0.1) is 0 Å². The SMILES string of the molecule is CC12CC(C(I)[I-]1)C1COC(=O)C12. The zero-order chi connectivity index (χ0) is 9.22. The molecule has 3 aliphatic rings. The number of hydrogen-bond acceptors (Lipinski definition) is 2. The number of carbonyl (C=O) groups is 1. The van der Waals surface area contributed by atoms with E-state index < -0.39 is 0 Å². The Kier molecular flexibility index (Phi) is 1.93. The summed E-state index contributed by atoms with van der Waals surface area (Å²) in [6.07, 6.45) is 1.30. The first-order chi connectivity index (χ1) is 6.12. The fraction of sp³-hybridized carbons (Fsp3) is 0.889. The molecule has 3 rings (SSSR count). The van der Waals surface area contributed by atoms with Gasteiger partial charge in [-0.05, 0) is 0 Å². The van der Waals surface area contributed by atoms with E-state index in [1.165, 1.54) is 6.42 Å². The number of ether oxygens (including phenoxy) is 1. The van der Waals surface area contributed by atoms with E-state index in [-0.39, 0.29) is 33.1 Å². The molecule has 13 heavy (non-hydrogen) atoms. The quantitative estimate of drug-likeness (QED) is 0.277. The van der Waals surface area contributed by atoms with Gasteiger partial charge in [0.2, 0.25) is 0 Å². The van der Waals surface area contributed by atoms with Crippen molar-refractivity contribution < 1.29 is 30.7 Å². The van der Waals surface area contributed by atoms with Gasteiger partial charge >= 0.3 is 102 Å². The molecule has 0 spiro atoms. The first-order valence-electron chi connectivity index (χ1n) is 4.57. The second-order valence-electron chi connectivity index (χ2n) is 4.36. The first kappa shape index (κ1) is 9.18. The van der Waals surface area contributed by atoms with E-state index in [2.05, 4.69) is 29.5 Å². The number of fused-ring (bicyclic) bond motifs is 5. The van der Waals surface area contributed by atoms with Crippen LogP contribution in [0, 0.1) is 17.8 Å². The van der Waals surface area contributed by atoms with Crippen molar-refractivity contribution >= 4 is 28.6 Å². The Morgan fingerprint density at radius 2 is 2.38 bits per heavy atom. The summed E-state index contributed by atoms with van der Waals surface area (Å²) < 4.78 is 6.46. The Morgan fingerprint density at radius 1 is 1.62 bits per heavy atom.